The molecule has 1 N–H and O–H groups in total. The fraction of sp³-hybridized carbons (Fsp3) is 0.550. The number of nitrogens with zero attached hydrogens (tertiary/aromatic N) is 3. The lowest BCUT2D eigenvalue weighted by atomic mass is 10.2. The van der Waals surface area contributed by atoms with Crippen LogP contribution in [-0.2, 0) is 16.6 Å². The highest BCUT2D eigenvalue weighted by atomic mass is 32.2. The van der Waals surface area contributed by atoms with Crippen LogP contribution >= 0.6 is 0 Å². The molecule has 0 atom stereocenters. The van der Waals surface area contributed by atoms with Crippen LogP contribution in [0.5, 0.6) is 0 Å². The number of unbranched alkanes of at least 4 members (excludes halogenated alkanes) is 1. The van der Waals surface area contributed by atoms with Gasteiger partial charge in [-0.1, -0.05) is 30.7 Å². The zero-order chi connectivity index (χ0) is 19.7. The largest absolute Gasteiger partial charge is 0.352 e. The SMILES string of the molecule is C=CCCCN(C)C(=NC)NCc1ccccc1S(=O)(=O)N1CCCCC1. The van der Waals surface area contributed by atoms with Gasteiger partial charge >= 0.3 is 0 Å². The van der Waals surface area contributed by atoms with E-state index in [0.29, 0.717) is 24.5 Å². The number of benzene rings is 1. The molecule has 0 amide bonds. The van der Waals surface area contributed by atoms with Crippen LogP contribution in [0.4, 0.5) is 0 Å². The number of guanidine groups is 1. The summed E-state index contributed by atoms with van der Waals surface area (Å²) >= 11 is 0. The van der Waals surface area contributed by atoms with E-state index in [1.165, 1.54) is 0 Å². The second kappa shape index (κ2) is 10.5. The van der Waals surface area contributed by atoms with E-state index in [1.54, 1.807) is 23.5 Å². The van der Waals surface area contributed by atoms with Crippen LogP contribution in [0.3, 0.4) is 0 Å². The molecule has 0 aliphatic carbocycles. The summed E-state index contributed by atoms with van der Waals surface area (Å²) in [6.07, 6.45) is 6.83. The van der Waals surface area contributed by atoms with Gasteiger partial charge in [0.25, 0.3) is 0 Å². The minimum absolute atomic E-state index is 0.393. The van der Waals surface area contributed by atoms with Crippen molar-refractivity contribution in [3.05, 3.63) is 42.5 Å². The average Bonchev–Trinajstić information content (AvgIpc) is 2.69. The van der Waals surface area contributed by atoms with Crippen LogP contribution in [0, 0.1) is 0 Å². The van der Waals surface area contributed by atoms with E-state index in [1.807, 2.05) is 30.2 Å². The molecule has 0 radical (unpaired) electrons. The Morgan fingerprint density at radius 2 is 2.00 bits per heavy atom. The van der Waals surface area contributed by atoms with E-state index in [0.717, 1.165) is 50.2 Å². The molecule has 1 aromatic rings. The van der Waals surface area contributed by atoms with Gasteiger partial charge in [-0.2, -0.15) is 4.31 Å². The molecule has 1 aromatic carbocycles. The maximum absolute atomic E-state index is 13.1. The smallest absolute Gasteiger partial charge is 0.243 e. The molecule has 150 valence electrons. The number of sulfonamides is 1. The number of piperidine rings is 1. The van der Waals surface area contributed by atoms with E-state index in [4.69, 9.17) is 0 Å². The zero-order valence-electron chi connectivity index (χ0n) is 16.5. The van der Waals surface area contributed by atoms with Crippen molar-refractivity contribution in [2.24, 2.45) is 4.99 Å². The Balaban J connectivity index is 2.10. The second-order valence-electron chi connectivity index (χ2n) is 6.83. The van der Waals surface area contributed by atoms with Crippen molar-refractivity contribution in [2.75, 3.05) is 33.7 Å². The molecular formula is C20H32N4O2S. The Labute approximate surface area is 164 Å². The molecule has 1 aliphatic heterocycles. The van der Waals surface area contributed by atoms with Crippen molar-refractivity contribution >= 4 is 16.0 Å². The van der Waals surface area contributed by atoms with Gasteiger partial charge in [-0.15, -0.1) is 6.58 Å². The predicted octanol–water partition coefficient (Wildman–Crippen LogP) is 2.83. The van der Waals surface area contributed by atoms with Crippen LogP contribution in [0.15, 0.2) is 46.8 Å². The van der Waals surface area contributed by atoms with Crippen molar-refractivity contribution in [3.63, 3.8) is 0 Å². The van der Waals surface area contributed by atoms with Gasteiger partial charge in [0.05, 0.1) is 4.90 Å². The summed E-state index contributed by atoms with van der Waals surface area (Å²) in [5.74, 6) is 0.754. The molecule has 0 bridgehead atoms. The lowest BCUT2D eigenvalue weighted by Gasteiger charge is -2.27. The number of hydrogen-bond donors (Lipinski definition) is 1. The molecule has 27 heavy (non-hydrogen) atoms. The van der Waals surface area contributed by atoms with Gasteiger partial charge in [0.1, 0.15) is 0 Å². The minimum Gasteiger partial charge on any atom is -0.352 e. The summed E-state index contributed by atoms with van der Waals surface area (Å²) in [6.45, 7) is 6.24. The molecule has 7 heteroatoms. The van der Waals surface area contributed by atoms with Crippen LogP contribution in [0.25, 0.3) is 0 Å². The molecule has 1 saturated heterocycles. The summed E-state index contributed by atoms with van der Waals surface area (Å²) in [5, 5.41) is 3.29. The molecule has 1 heterocycles. The Hall–Kier alpha value is -1.86. The molecule has 1 aliphatic rings. The Morgan fingerprint density at radius 3 is 2.67 bits per heavy atom. The minimum atomic E-state index is -3.46. The zero-order valence-corrected chi connectivity index (χ0v) is 17.3. The second-order valence-corrected chi connectivity index (χ2v) is 8.73. The van der Waals surface area contributed by atoms with Gasteiger partial charge < -0.3 is 10.2 Å². The summed E-state index contributed by atoms with van der Waals surface area (Å²) in [7, 11) is 0.263. The highest BCUT2D eigenvalue weighted by Gasteiger charge is 2.27. The first-order chi connectivity index (χ1) is 13.0. The predicted molar refractivity (Wildman–Crippen MR) is 111 cm³/mol. The fourth-order valence-electron chi connectivity index (χ4n) is 3.28. The van der Waals surface area contributed by atoms with Gasteiger partial charge in [0.2, 0.25) is 10.0 Å². The Bertz CT molecular complexity index is 740. The molecule has 6 nitrogen and oxygen atoms in total. The van der Waals surface area contributed by atoms with E-state index in [2.05, 4.69) is 16.9 Å². The van der Waals surface area contributed by atoms with Crippen molar-refractivity contribution in [2.45, 2.75) is 43.5 Å². The maximum atomic E-state index is 13.1. The van der Waals surface area contributed by atoms with Crippen molar-refractivity contribution in [1.29, 1.82) is 0 Å². The van der Waals surface area contributed by atoms with Crippen LogP contribution in [0.1, 0.15) is 37.7 Å². The van der Waals surface area contributed by atoms with Crippen molar-refractivity contribution in [3.8, 4) is 0 Å². The van der Waals surface area contributed by atoms with E-state index < -0.39 is 10.0 Å². The van der Waals surface area contributed by atoms with Gasteiger partial charge in [-0.3, -0.25) is 4.99 Å². The third-order valence-corrected chi connectivity index (χ3v) is 6.82. The summed E-state index contributed by atoms with van der Waals surface area (Å²) < 4.78 is 27.8. The molecule has 2 rings (SSSR count). The van der Waals surface area contributed by atoms with Crippen LogP contribution < -0.4 is 5.32 Å². The normalized spacial score (nSPS) is 16.1. The highest BCUT2D eigenvalue weighted by molar-refractivity contribution is 7.89. The standard InChI is InChI=1S/C20H32N4O2S/c1-4-5-9-14-23(3)20(21-2)22-17-18-12-7-8-13-19(18)27(25,26)24-15-10-6-11-16-24/h4,7-8,12-13H,1,5-6,9-11,14-17H2,2-3H3,(H,21,22). The number of aliphatic imine (C=N–C) groups is 1. The fourth-order valence-corrected chi connectivity index (χ4v) is 5.02. The van der Waals surface area contributed by atoms with Gasteiger partial charge in [0.15, 0.2) is 5.96 Å². The van der Waals surface area contributed by atoms with E-state index in [-0.39, 0.29) is 0 Å². The van der Waals surface area contributed by atoms with Gasteiger partial charge in [-0.25, -0.2) is 8.42 Å². The van der Waals surface area contributed by atoms with Gasteiger partial charge in [0, 0.05) is 40.3 Å². The van der Waals surface area contributed by atoms with E-state index in [9.17, 15) is 8.42 Å². The Kier molecular flexibility index (Phi) is 8.31. The first-order valence-corrected chi connectivity index (χ1v) is 11.1. The molecule has 0 saturated carbocycles. The highest BCUT2D eigenvalue weighted by Crippen LogP contribution is 2.23. The third-order valence-electron chi connectivity index (χ3n) is 4.82. The number of hydrogen-bond acceptors (Lipinski definition) is 3. The molecule has 1 fully saturated rings. The Morgan fingerprint density at radius 1 is 1.30 bits per heavy atom. The number of nitrogens with one attached hydrogen (secondary N) is 1. The third kappa shape index (κ3) is 5.81. The monoisotopic (exact) mass is 392 g/mol. The van der Waals surface area contributed by atoms with Gasteiger partial charge in [-0.05, 0) is 37.3 Å². The molecule has 0 aromatic heterocycles. The summed E-state index contributed by atoms with van der Waals surface area (Å²) in [5.41, 5.74) is 0.767. The summed E-state index contributed by atoms with van der Waals surface area (Å²) in [4.78, 5) is 6.75. The van der Waals surface area contributed by atoms with Crippen molar-refractivity contribution in [1.82, 2.24) is 14.5 Å². The average molecular weight is 393 g/mol. The molecule has 0 unspecified atom stereocenters. The lowest BCUT2D eigenvalue weighted by Crippen LogP contribution is -2.40. The molecule has 0 spiro atoms. The van der Waals surface area contributed by atoms with E-state index >= 15 is 0 Å². The number of allylic oxidation sites excluding steroid dienone is 1. The van der Waals surface area contributed by atoms with Crippen LogP contribution in [-0.4, -0.2) is 57.3 Å². The van der Waals surface area contributed by atoms with Crippen LogP contribution in [0.2, 0.25) is 0 Å². The first-order valence-electron chi connectivity index (χ1n) is 9.61. The van der Waals surface area contributed by atoms with Crippen molar-refractivity contribution < 1.29 is 8.42 Å². The molecular weight excluding hydrogens is 360 g/mol. The first kappa shape index (κ1) is 21.4. The topological polar surface area (TPSA) is 65.0 Å². The summed E-state index contributed by atoms with van der Waals surface area (Å²) in [6, 6.07) is 7.24. The quantitative estimate of drug-likeness (QED) is 0.320. The number of rotatable bonds is 8. The lowest BCUT2D eigenvalue weighted by molar-refractivity contribution is 0.346. The maximum Gasteiger partial charge on any atom is 0.243 e.